The standard InChI is InChI=1S/C20H14Cl2FNO4S/c1-28-20(25)17-10-18(23)16(12-5-3-2-4-6-12)11-19(17)24-29(26,27)15-8-13(21)7-14(22)9-15/h2-11,24H,1H3. The van der Waals surface area contributed by atoms with Gasteiger partial charge in [0.25, 0.3) is 10.0 Å². The minimum absolute atomic E-state index is 0.111. The fourth-order valence-corrected chi connectivity index (χ4v) is 4.46. The van der Waals surface area contributed by atoms with Gasteiger partial charge < -0.3 is 4.74 Å². The minimum Gasteiger partial charge on any atom is -0.465 e. The van der Waals surface area contributed by atoms with Crippen LogP contribution in [0.15, 0.2) is 65.6 Å². The molecule has 150 valence electrons. The Morgan fingerprint density at radius 1 is 1.00 bits per heavy atom. The Morgan fingerprint density at radius 2 is 1.62 bits per heavy atom. The number of anilines is 1. The Morgan fingerprint density at radius 3 is 2.21 bits per heavy atom. The number of ether oxygens (including phenoxy) is 1. The van der Waals surface area contributed by atoms with E-state index in [1.807, 2.05) is 0 Å². The fourth-order valence-electron chi connectivity index (χ4n) is 2.66. The maximum Gasteiger partial charge on any atom is 0.340 e. The van der Waals surface area contributed by atoms with Gasteiger partial charge in [-0.05, 0) is 35.9 Å². The van der Waals surface area contributed by atoms with E-state index in [0.29, 0.717) is 5.56 Å². The Hall–Kier alpha value is -2.61. The highest BCUT2D eigenvalue weighted by atomic mass is 35.5. The largest absolute Gasteiger partial charge is 0.465 e. The average Bonchev–Trinajstić information content (AvgIpc) is 2.68. The molecule has 3 aromatic carbocycles. The van der Waals surface area contributed by atoms with Crippen LogP contribution in [0.25, 0.3) is 11.1 Å². The molecule has 0 spiro atoms. The molecule has 0 saturated carbocycles. The molecule has 0 bridgehead atoms. The molecule has 3 aromatic rings. The molecule has 0 heterocycles. The lowest BCUT2D eigenvalue weighted by Crippen LogP contribution is -2.17. The summed E-state index contributed by atoms with van der Waals surface area (Å²) in [6, 6.07) is 14.4. The first kappa shape index (κ1) is 21.1. The molecule has 0 amide bonds. The molecule has 0 radical (unpaired) electrons. The first-order chi connectivity index (χ1) is 13.7. The number of benzene rings is 3. The summed E-state index contributed by atoms with van der Waals surface area (Å²) in [6.07, 6.45) is 0. The van der Waals surface area contributed by atoms with Crippen LogP contribution < -0.4 is 4.72 Å². The van der Waals surface area contributed by atoms with Crippen LogP contribution in [0.5, 0.6) is 0 Å². The van der Waals surface area contributed by atoms with Gasteiger partial charge in [-0.2, -0.15) is 0 Å². The smallest absolute Gasteiger partial charge is 0.340 e. The number of carbonyl (C=O) groups excluding carboxylic acids is 1. The van der Waals surface area contributed by atoms with Crippen LogP contribution in [0, 0.1) is 5.82 Å². The third-order valence-corrected chi connectivity index (χ3v) is 5.77. The molecule has 3 rings (SSSR count). The van der Waals surface area contributed by atoms with E-state index in [9.17, 15) is 17.6 Å². The number of carbonyl (C=O) groups is 1. The second kappa shape index (κ2) is 8.41. The molecule has 0 fully saturated rings. The van der Waals surface area contributed by atoms with Crippen molar-refractivity contribution in [2.75, 3.05) is 11.8 Å². The van der Waals surface area contributed by atoms with E-state index < -0.39 is 21.8 Å². The van der Waals surface area contributed by atoms with E-state index in [2.05, 4.69) is 9.46 Å². The highest BCUT2D eigenvalue weighted by Gasteiger charge is 2.23. The molecule has 0 aliphatic carbocycles. The first-order valence-corrected chi connectivity index (χ1v) is 10.4. The summed E-state index contributed by atoms with van der Waals surface area (Å²) in [6.45, 7) is 0. The molecule has 1 N–H and O–H groups in total. The lowest BCUT2D eigenvalue weighted by molar-refractivity contribution is 0.0601. The molecule has 0 aliphatic heterocycles. The topological polar surface area (TPSA) is 72.5 Å². The summed E-state index contributed by atoms with van der Waals surface area (Å²) in [5, 5.41) is 0.241. The first-order valence-electron chi connectivity index (χ1n) is 8.17. The molecule has 0 aliphatic rings. The lowest BCUT2D eigenvalue weighted by atomic mass is 10.0. The molecule has 0 aromatic heterocycles. The SMILES string of the molecule is COC(=O)c1cc(F)c(-c2ccccc2)cc1NS(=O)(=O)c1cc(Cl)cc(Cl)c1. The van der Waals surface area contributed by atoms with Gasteiger partial charge in [-0.15, -0.1) is 0 Å². The molecule has 0 atom stereocenters. The number of hydrogen-bond acceptors (Lipinski definition) is 4. The zero-order chi connectivity index (χ0) is 21.2. The number of methoxy groups -OCH3 is 1. The van der Waals surface area contributed by atoms with E-state index >= 15 is 0 Å². The Bertz CT molecular complexity index is 1160. The Kier molecular flexibility index (Phi) is 6.12. The average molecular weight is 454 g/mol. The van der Waals surface area contributed by atoms with Gasteiger partial charge in [-0.1, -0.05) is 53.5 Å². The van der Waals surface area contributed by atoms with E-state index in [-0.39, 0.29) is 31.8 Å². The highest BCUT2D eigenvalue weighted by molar-refractivity contribution is 7.92. The zero-order valence-electron chi connectivity index (χ0n) is 14.9. The number of esters is 1. The van der Waals surface area contributed by atoms with E-state index in [0.717, 1.165) is 13.2 Å². The third kappa shape index (κ3) is 4.70. The maximum atomic E-state index is 14.7. The van der Waals surface area contributed by atoms with Gasteiger partial charge in [-0.3, -0.25) is 4.72 Å². The summed E-state index contributed by atoms with van der Waals surface area (Å²) in [7, 11) is -3.07. The molecular formula is C20H14Cl2FNO4S. The van der Waals surface area contributed by atoms with Crippen LogP contribution in [-0.2, 0) is 14.8 Å². The Balaban J connectivity index is 2.14. The van der Waals surface area contributed by atoms with Gasteiger partial charge >= 0.3 is 5.97 Å². The number of rotatable bonds is 5. The van der Waals surface area contributed by atoms with Crippen molar-refractivity contribution >= 4 is 44.9 Å². The summed E-state index contributed by atoms with van der Waals surface area (Å²) < 4.78 is 47.3. The molecule has 29 heavy (non-hydrogen) atoms. The van der Waals surface area contributed by atoms with Crippen molar-refractivity contribution in [3.8, 4) is 11.1 Å². The summed E-state index contributed by atoms with van der Waals surface area (Å²) in [5.41, 5.74) is 0.197. The fraction of sp³-hybridized carbons (Fsp3) is 0.0500. The molecular weight excluding hydrogens is 440 g/mol. The van der Waals surface area contributed by atoms with Crippen LogP contribution in [0.1, 0.15) is 10.4 Å². The van der Waals surface area contributed by atoms with Gasteiger partial charge in [-0.25, -0.2) is 17.6 Å². The van der Waals surface area contributed by atoms with Crippen molar-refractivity contribution in [1.29, 1.82) is 0 Å². The third-order valence-electron chi connectivity index (χ3n) is 3.99. The number of sulfonamides is 1. The van der Waals surface area contributed by atoms with E-state index in [4.69, 9.17) is 23.2 Å². The second-order valence-corrected chi connectivity index (χ2v) is 8.50. The Labute approximate surface area is 177 Å². The molecule has 9 heteroatoms. The van der Waals surface area contributed by atoms with Gasteiger partial charge in [0.15, 0.2) is 0 Å². The quantitative estimate of drug-likeness (QED) is 0.525. The van der Waals surface area contributed by atoms with Crippen LogP contribution >= 0.6 is 23.2 Å². The van der Waals surface area contributed by atoms with Gasteiger partial charge in [0.1, 0.15) is 5.82 Å². The lowest BCUT2D eigenvalue weighted by Gasteiger charge is -2.15. The monoisotopic (exact) mass is 453 g/mol. The van der Waals surface area contributed by atoms with Gasteiger partial charge in [0.2, 0.25) is 0 Å². The van der Waals surface area contributed by atoms with Crippen LogP contribution in [0.3, 0.4) is 0 Å². The summed E-state index contributed by atoms with van der Waals surface area (Å²) in [5.74, 6) is -1.60. The molecule has 0 unspecified atom stereocenters. The summed E-state index contributed by atoms with van der Waals surface area (Å²) in [4.78, 5) is 11.9. The maximum absolute atomic E-state index is 14.7. The normalized spacial score (nSPS) is 11.2. The minimum atomic E-state index is -4.18. The van der Waals surface area contributed by atoms with Gasteiger partial charge in [0, 0.05) is 15.6 Å². The zero-order valence-corrected chi connectivity index (χ0v) is 17.3. The van der Waals surface area contributed by atoms with Crippen molar-refractivity contribution < 1.29 is 22.3 Å². The number of hydrogen-bond donors (Lipinski definition) is 1. The highest BCUT2D eigenvalue weighted by Crippen LogP contribution is 2.31. The molecule has 0 saturated heterocycles. The van der Waals surface area contributed by atoms with Crippen LogP contribution in [0.4, 0.5) is 10.1 Å². The van der Waals surface area contributed by atoms with Crippen LogP contribution in [0.2, 0.25) is 10.0 Å². The van der Waals surface area contributed by atoms with Crippen molar-refractivity contribution in [3.05, 3.63) is 82.1 Å². The predicted octanol–water partition coefficient (Wildman–Crippen LogP) is 5.39. The van der Waals surface area contributed by atoms with E-state index in [1.165, 1.54) is 24.3 Å². The van der Waals surface area contributed by atoms with Crippen molar-refractivity contribution in [1.82, 2.24) is 0 Å². The van der Waals surface area contributed by atoms with Crippen molar-refractivity contribution in [3.63, 3.8) is 0 Å². The van der Waals surface area contributed by atoms with Crippen LogP contribution in [-0.4, -0.2) is 21.5 Å². The van der Waals surface area contributed by atoms with Gasteiger partial charge in [0.05, 0.1) is 23.3 Å². The van der Waals surface area contributed by atoms with Crippen molar-refractivity contribution in [2.45, 2.75) is 4.90 Å². The summed E-state index contributed by atoms with van der Waals surface area (Å²) >= 11 is 11.8. The predicted molar refractivity (Wildman–Crippen MR) is 110 cm³/mol. The number of nitrogens with one attached hydrogen (secondary N) is 1. The second-order valence-electron chi connectivity index (χ2n) is 5.95. The number of halogens is 3. The van der Waals surface area contributed by atoms with E-state index in [1.54, 1.807) is 30.3 Å². The molecule has 5 nitrogen and oxygen atoms in total. The van der Waals surface area contributed by atoms with Crippen molar-refractivity contribution in [2.24, 2.45) is 0 Å².